The minimum Gasteiger partial charge on any atom is -0.390 e. The Bertz CT molecular complexity index is 630. The molecule has 1 aromatic heterocycles. The first-order chi connectivity index (χ1) is 8.51. The Balaban J connectivity index is 2.24. The van der Waals surface area contributed by atoms with E-state index in [0.717, 1.165) is 5.56 Å². The van der Waals surface area contributed by atoms with Crippen molar-refractivity contribution < 1.29 is 13.5 Å². The van der Waals surface area contributed by atoms with Crippen molar-refractivity contribution in [1.82, 2.24) is 4.98 Å². The van der Waals surface area contributed by atoms with Crippen LogP contribution in [0.3, 0.4) is 0 Å². The monoisotopic (exact) mass is 266 g/mol. The van der Waals surface area contributed by atoms with E-state index in [0.29, 0.717) is 11.4 Å². The number of aromatic amines is 1. The molecule has 2 rings (SSSR count). The van der Waals surface area contributed by atoms with Gasteiger partial charge in [0.1, 0.15) is 4.90 Å². The number of anilines is 1. The number of hydrogen-bond acceptors (Lipinski definition) is 3. The second kappa shape index (κ2) is 4.83. The van der Waals surface area contributed by atoms with Gasteiger partial charge in [0.15, 0.2) is 0 Å². The van der Waals surface area contributed by atoms with Gasteiger partial charge in [-0.25, -0.2) is 8.42 Å². The fraction of sp³-hybridized carbons (Fsp3) is 0.167. The zero-order valence-electron chi connectivity index (χ0n) is 9.84. The highest BCUT2D eigenvalue weighted by atomic mass is 32.2. The van der Waals surface area contributed by atoms with Crippen LogP contribution in [0.5, 0.6) is 0 Å². The third-order valence-electron chi connectivity index (χ3n) is 2.50. The van der Waals surface area contributed by atoms with Crippen LogP contribution in [0.25, 0.3) is 0 Å². The van der Waals surface area contributed by atoms with Crippen LogP contribution in [0.2, 0.25) is 0 Å². The molecule has 0 radical (unpaired) electrons. The van der Waals surface area contributed by atoms with Crippen molar-refractivity contribution in [3.05, 3.63) is 47.8 Å². The van der Waals surface area contributed by atoms with E-state index in [4.69, 9.17) is 5.11 Å². The largest absolute Gasteiger partial charge is 0.390 e. The van der Waals surface area contributed by atoms with Gasteiger partial charge in [0.2, 0.25) is 0 Å². The minimum atomic E-state index is -3.61. The topological polar surface area (TPSA) is 82.2 Å². The van der Waals surface area contributed by atoms with Gasteiger partial charge in [-0.05, 0) is 25.1 Å². The normalized spacial score (nSPS) is 11.4. The third kappa shape index (κ3) is 2.72. The minimum absolute atomic E-state index is 0.104. The lowest BCUT2D eigenvalue weighted by atomic mass is 10.2. The molecule has 1 heterocycles. The Labute approximate surface area is 106 Å². The van der Waals surface area contributed by atoms with Gasteiger partial charge in [0.25, 0.3) is 10.0 Å². The van der Waals surface area contributed by atoms with Crippen molar-refractivity contribution in [2.24, 2.45) is 0 Å². The average Bonchev–Trinajstić information content (AvgIpc) is 2.81. The smallest absolute Gasteiger partial charge is 0.263 e. The molecule has 0 bridgehead atoms. The SMILES string of the molecule is Cc1ccc(NS(=O)(=O)c2c[nH]c(CO)c2)cc1. The zero-order chi connectivity index (χ0) is 13.2. The van der Waals surface area contributed by atoms with E-state index in [-0.39, 0.29) is 11.5 Å². The van der Waals surface area contributed by atoms with Gasteiger partial charge in [0, 0.05) is 17.6 Å². The van der Waals surface area contributed by atoms with Crippen molar-refractivity contribution in [2.75, 3.05) is 4.72 Å². The molecule has 1 aromatic carbocycles. The van der Waals surface area contributed by atoms with Crippen LogP contribution in [-0.4, -0.2) is 18.5 Å². The van der Waals surface area contributed by atoms with Crippen molar-refractivity contribution in [3.8, 4) is 0 Å². The first kappa shape index (κ1) is 12.7. The van der Waals surface area contributed by atoms with Gasteiger partial charge in [-0.15, -0.1) is 0 Å². The molecule has 96 valence electrons. The standard InChI is InChI=1S/C12H14N2O3S/c1-9-2-4-10(5-3-9)14-18(16,17)12-6-11(8-15)13-7-12/h2-7,13-15H,8H2,1H3. The van der Waals surface area contributed by atoms with Crippen LogP contribution >= 0.6 is 0 Å². The molecular weight excluding hydrogens is 252 g/mol. The van der Waals surface area contributed by atoms with E-state index in [9.17, 15) is 8.42 Å². The summed E-state index contributed by atoms with van der Waals surface area (Å²) in [5, 5.41) is 8.89. The van der Waals surface area contributed by atoms with Crippen LogP contribution in [0, 0.1) is 6.92 Å². The summed E-state index contributed by atoms with van der Waals surface area (Å²) in [6.45, 7) is 1.71. The lowest BCUT2D eigenvalue weighted by Gasteiger charge is -2.06. The van der Waals surface area contributed by atoms with Crippen LogP contribution < -0.4 is 4.72 Å². The van der Waals surface area contributed by atoms with E-state index >= 15 is 0 Å². The van der Waals surface area contributed by atoms with Gasteiger partial charge in [-0.2, -0.15) is 0 Å². The first-order valence-electron chi connectivity index (χ1n) is 5.39. The molecule has 0 aliphatic heterocycles. The summed E-state index contributed by atoms with van der Waals surface area (Å²) in [4.78, 5) is 2.79. The average molecular weight is 266 g/mol. The lowest BCUT2D eigenvalue weighted by molar-refractivity contribution is 0.277. The molecule has 0 saturated carbocycles. The lowest BCUT2D eigenvalue weighted by Crippen LogP contribution is -2.12. The maximum Gasteiger partial charge on any atom is 0.263 e. The molecule has 0 spiro atoms. The molecule has 6 heteroatoms. The Morgan fingerprint density at radius 1 is 1.28 bits per heavy atom. The van der Waals surface area contributed by atoms with Gasteiger partial charge in [-0.1, -0.05) is 17.7 Å². The van der Waals surface area contributed by atoms with Gasteiger partial charge in [-0.3, -0.25) is 4.72 Å². The van der Waals surface area contributed by atoms with E-state index in [2.05, 4.69) is 9.71 Å². The summed E-state index contributed by atoms with van der Waals surface area (Å²) in [5.41, 5.74) is 2.02. The number of sulfonamides is 1. The number of aromatic nitrogens is 1. The van der Waals surface area contributed by atoms with Crippen LogP contribution in [0.4, 0.5) is 5.69 Å². The maximum absolute atomic E-state index is 12.0. The third-order valence-corrected chi connectivity index (χ3v) is 3.86. The van der Waals surface area contributed by atoms with Crippen LogP contribution in [-0.2, 0) is 16.6 Å². The Kier molecular flexibility index (Phi) is 3.40. The number of nitrogens with one attached hydrogen (secondary N) is 2. The molecule has 0 atom stereocenters. The van der Waals surface area contributed by atoms with E-state index < -0.39 is 10.0 Å². The highest BCUT2D eigenvalue weighted by molar-refractivity contribution is 7.92. The summed E-state index contributed by atoms with van der Waals surface area (Å²) in [6.07, 6.45) is 1.35. The molecule has 0 aliphatic carbocycles. The number of hydrogen-bond donors (Lipinski definition) is 3. The van der Waals surface area contributed by atoms with Gasteiger partial charge >= 0.3 is 0 Å². The molecule has 5 nitrogen and oxygen atoms in total. The van der Waals surface area contributed by atoms with Crippen LogP contribution in [0.15, 0.2) is 41.4 Å². The van der Waals surface area contributed by atoms with Crippen molar-refractivity contribution >= 4 is 15.7 Å². The van der Waals surface area contributed by atoms with Gasteiger partial charge in [0.05, 0.1) is 6.61 Å². The predicted molar refractivity (Wildman–Crippen MR) is 68.7 cm³/mol. The number of aliphatic hydroxyl groups is 1. The highest BCUT2D eigenvalue weighted by Crippen LogP contribution is 2.17. The number of H-pyrrole nitrogens is 1. The fourth-order valence-corrected chi connectivity index (χ4v) is 2.58. The summed E-state index contributed by atoms with van der Waals surface area (Å²) in [7, 11) is -3.61. The number of aryl methyl sites for hydroxylation is 1. The van der Waals surface area contributed by atoms with E-state index in [1.807, 2.05) is 19.1 Å². The number of aliphatic hydroxyl groups excluding tert-OH is 1. The summed E-state index contributed by atoms with van der Waals surface area (Å²) in [5.74, 6) is 0. The summed E-state index contributed by atoms with van der Waals surface area (Å²) < 4.78 is 26.5. The quantitative estimate of drug-likeness (QED) is 0.786. The highest BCUT2D eigenvalue weighted by Gasteiger charge is 2.15. The zero-order valence-corrected chi connectivity index (χ0v) is 10.7. The second-order valence-electron chi connectivity index (χ2n) is 3.99. The van der Waals surface area contributed by atoms with Gasteiger partial charge < -0.3 is 10.1 Å². The number of rotatable bonds is 4. The molecule has 2 aromatic rings. The summed E-state index contributed by atoms with van der Waals surface area (Å²) in [6, 6.07) is 8.46. The molecule has 0 fully saturated rings. The Hall–Kier alpha value is -1.79. The Morgan fingerprint density at radius 3 is 2.50 bits per heavy atom. The molecule has 3 N–H and O–H groups in total. The fourth-order valence-electron chi connectivity index (χ4n) is 1.50. The van der Waals surface area contributed by atoms with Crippen molar-refractivity contribution in [1.29, 1.82) is 0 Å². The van der Waals surface area contributed by atoms with Crippen molar-refractivity contribution in [2.45, 2.75) is 18.4 Å². The molecule has 0 aliphatic rings. The Morgan fingerprint density at radius 2 is 1.94 bits per heavy atom. The second-order valence-corrected chi connectivity index (χ2v) is 5.67. The molecule has 18 heavy (non-hydrogen) atoms. The first-order valence-corrected chi connectivity index (χ1v) is 6.87. The number of benzene rings is 1. The maximum atomic E-state index is 12.0. The molecule has 0 unspecified atom stereocenters. The van der Waals surface area contributed by atoms with Crippen LogP contribution in [0.1, 0.15) is 11.3 Å². The molecule has 0 saturated heterocycles. The van der Waals surface area contributed by atoms with E-state index in [1.165, 1.54) is 12.3 Å². The molecule has 0 amide bonds. The predicted octanol–water partition coefficient (Wildman–Crippen LogP) is 1.62. The van der Waals surface area contributed by atoms with E-state index in [1.54, 1.807) is 12.1 Å². The summed E-state index contributed by atoms with van der Waals surface area (Å²) >= 11 is 0. The van der Waals surface area contributed by atoms with Crippen molar-refractivity contribution in [3.63, 3.8) is 0 Å². The molecular formula is C12H14N2O3S.